The quantitative estimate of drug-likeness (QED) is 0.120. The van der Waals surface area contributed by atoms with E-state index in [0.29, 0.717) is 30.2 Å². The molecule has 4 rings (SSSR count). The van der Waals surface area contributed by atoms with E-state index in [4.69, 9.17) is 21.7 Å². The summed E-state index contributed by atoms with van der Waals surface area (Å²) < 4.78 is 14.5. The number of nitrogens with one attached hydrogen (secondary N) is 3. The van der Waals surface area contributed by atoms with E-state index in [1.54, 1.807) is 18.9 Å². The lowest BCUT2D eigenvalue weighted by atomic mass is 10.00. The van der Waals surface area contributed by atoms with E-state index in [1.807, 2.05) is 69.4 Å². The first kappa shape index (κ1) is 37.3. The predicted octanol–water partition coefficient (Wildman–Crippen LogP) is 6.44. The molecular formula is C31H42ClN5O3S2. The predicted molar refractivity (Wildman–Crippen MR) is 180 cm³/mol. The molecule has 2 heterocycles. The van der Waals surface area contributed by atoms with Crippen molar-refractivity contribution in [1.29, 1.82) is 0 Å². The van der Waals surface area contributed by atoms with Crippen LogP contribution in [0.4, 0.5) is 0 Å². The number of allylic oxidation sites excluding steroid dienone is 9. The zero-order chi connectivity index (χ0) is 31.3. The number of aliphatic imine (C=N–C) groups is 1. The summed E-state index contributed by atoms with van der Waals surface area (Å²) in [5.41, 5.74) is 5.81. The summed E-state index contributed by atoms with van der Waals surface area (Å²) in [6.07, 6.45) is 20.4. The van der Waals surface area contributed by atoms with Crippen LogP contribution >= 0.6 is 35.8 Å². The van der Waals surface area contributed by atoms with Crippen molar-refractivity contribution in [3.8, 4) is 12.3 Å². The first-order chi connectivity index (χ1) is 20.5. The van der Waals surface area contributed by atoms with Gasteiger partial charge in [0.05, 0.1) is 25.0 Å². The Balaban J connectivity index is 0.00000116. The number of carbonyl (C=O) groups excluding carboxylic acids is 1. The number of hydrazine groups is 1. The monoisotopic (exact) mass is 631 g/mol. The van der Waals surface area contributed by atoms with Crippen molar-refractivity contribution in [1.82, 2.24) is 19.9 Å². The maximum atomic E-state index is 11.8. The van der Waals surface area contributed by atoms with Crippen molar-refractivity contribution in [3.05, 3.63) is 93.6 Å². The van der Waals surface area contributed by atoms with Gasteiger partial charge in [-0.05, 0) is 68.0 Å². The standard InChI is InChI=1S/C25H28ClN5O2S2.C3H4.C2H6.CH4O/c1-2-3-7-20-16-27-25(28-20)22(30-34-21-8-5-4-6-19(26)14-21)13-17-9-11-18(12-10-17)23-15-24(32)29-31(23)35-33;1-3-2;2*1-2/h2-7,9-12,14,22-23,30,33H,8,13,15-16H2,1H3,(H,27,28)(H,29,32);1H,2H3;1-2H3;2H,1H3/b3-2-,20-7+;;;. The molecule has 5 N–H and O–H groups in total. The number of carbonyl (C=O) groups is 1. The molecule has 0 saturated carbocycles. The molecule has 8 nitrogen and oxygen atoms in total. The molecule has 1 saturated heterocycles. The highest BCUT2D eigenvalue weighted by Gasteiger charge is 2.32. The molecule has 1 aromatic carbocycles. The van der Waals surface area contributed by atoms with Crippen molar-refractivity contribution < 1.29 is 14.5 Å². The topological polar surface area (TPSA) is 109 Å². The SMILES string of the molecule is C#CC.C/C=C\C=C1/CN=C(C(Cc2ccc(C3CC(=O)NN3SO)cc2)NSC2=CC(Cl)=CC=CC2)N1.CC.CO. The molecular weight excluding hydrogens is 590 g/mol. The molecule has 0 radical (unpaired) electrons. The second-order valence-electron chi connectivity index (χ2n) is 8.51. The van der Waals surface area contributed by atoms with Gasteiger partial charge in [0.2, 0.25) is 5.91 Å². The van der Waals surface area contributed by atoms with Crippen LogP contribution in [0.25, 0.3) is 0 Å². The third kappa shape index (κ3) is 12.6. The van der Waals surface area contributed by atoms with E-state index < -0.39 is 0 Å². The van der Waals surface area contributed by atoms with Crippen LogP contribution in [0, 0.1) is 12.3 Å². The van der Waals surface area contributed by atoms with Gasteiger partial charge in [-0.2, -0.15) is 0 Å². The van der Waals surface area contributed by atoms with Gasteiger partial charge in [0.1, 0.15) is 18.1 Å². The van der Waals surface area contributed by atoms with E-state index in [2.05, 4.69) is 46.0 Å². The van der Waals surface area contributed by atoms with Gasteiger partial charge in [0.25, 0.3) is 0 Å². The summed E-state index contributed by atoms with van der Waals surface area (Å²) in [6, 6.07) is 7.91. The summed E-state index contributed by atoms with van der Waals surface area (Å²) in [5.74, 6) is 3.05. The Morgan fingerprint density at radius 1 is 1.31 bits per heavy atom. The van der Waals surface area contributed by atoms with Crippen molar-refractivity contribution in [2.45, 2.75) is 59.0 Å². The number of hydrogen-bond acceptors (Lipinski definition) is 9. The number of hydrogen-bond donors (Lipinski definition) is 5. The molecule has 0 aromatic heterocycles. The van der Waals surface area contributed by atoms with Gasteiger partial charge in [0, 0.05) is 22.7 Å². The zero-order valence-electron chi connectivity index (χ0n) is 24.8. The summed E-state index contributed by atoms with van der Waals surface area (Å²) in [4.78, 5) is 17.6. The second-order valence-corrected chi connectivity index (χ2v) is 10.5. The molecule has 3 aliphatic rings. The highest BCUT2D eigenvalue weighted by molar-refractivity contribution is 8.01. The Morgan fingerprint density at radius 3 is 2.64 bits per heavy atom. The van der Waals surface area contributed by atoms with Gasteiger partial charge in [-0.3, -0.25) is 15.2 Å². The summed E-state index contributed by atoms with van der Waals surface area (Å²) in [6.45, 7) is 8.27. The van der Waals surface area contributed by atoms with Crippen LogP contribution in [0.2, 0.25) is 0 Å². The Kier molecular flexibility index (Phi) is 19.4. The minimum atomic E-state index is -0.204. The maximum Gasteiger partial charge on any atom is 0.237 e. The minimum Gasteiger partial charge on any atom is -0.400 e. The Bertz CT molecular complexity index is 1200. The van der Waals surface area contributed by atoms with E-state index in [0.717, 1.165) is 47.5 Å². The van der Waals surface area contributed by atoms with Crippen molar-refractivity contribution in [2.75, 3.05) is 13.7 Å². The fraction of sp³-hybridized carbons (Fsp3) is 0.355. The molecule has 11 heteroatoms. The van der Waals surface area contributed by atoms with Gasteiger partial charge >= 0.3 is 0 Å². The lowest BCUT2D eigenvalue weighted by Gasteiger charge is -2.21. The molecule has 42 heavy (non-hydrogen) atoms. The van der Waals surface area contributed by atoms with Crippen LogP contribution in [0.1, 0.15) is 57.7 Å². The number of amidine groups is 1. The zero-order valence-corrected chi connectivity index (χ0v) is 27.2. The second kappa shape index (κ2) is 21.9. The van der Waals surface area contributed by atoms with Crippen LogP contribution < -0.4 is 15.5 Å². The Hall–Kier alpha value is -2.75. The van der Waals surface area contributed by atoms with Crippen LogP contribution in [0.15, 0.2) is 87.4 Å². The third-order valence-electron chi connectivity index (χ3n) is 5.66. The molecule has 2 unspecified atom stereocenters. The molecule has 0 bridgehead atoms. The van der Waals surface area contributed by atoms with Gasteiger partial charge in [-0.1, -0.05) is 74.0 Å². The fourth-order valence-corrected chi connectivity index (χ4v) is 5.46. The molecule has 1 aliphatic carbocycles. The van der Waals surface area contributed by atoms with E-state index >= 15 is 0 Å². The lowest BCUT2D eigenvalue weighted by Crippen LogP contribution is -2.40. The fourth-order valence-electron chi connectivity index (χ4n) is 3.88. The summed E-state index contributed by atoms with van der Waals surface area (Å²) >= 11 is 8.35. The van der Waals surface area contributed by atoms with Crippen LogP contribution in [-0.2, 0) is 11.2 Å². The Morgan fingerprint density at radius 2 is 2.00 bits per heavy atom. The molecule has 1 aromatic rings. The van der Waals surface area contributed by atoms with E-state index in [-0.39, 0.29) is 18.0 Å². The maximum absolute atomic E-state index is 11.8. The normalized spacial score (nSPS) is 19.3. The highest BCUT2D eigenvalue weighted by atomic mass is 35.5. The average molecular weight is 632 g/mol. The van der Waals surface area contributed by atoms with E-state index in [1.165, 1.54) is 4.41 Å². The first-order valence-electron chi connectivity index (χ1n) is 13.6. The largest absolute Gasteiger partial charge is 0.400 e. The molecule has 1 amide bonds. The third-order valence-corrected chi connectivity index (χ3v) is 7.36. The number of aliphatic hydroxyl groups excluding tert-OH is 1. The van der Waals surface area contributed by atoms with Crippen molar-refractivity contribution in [2.24, 2.45) is 4.99 Å². The number of rotatable bonds is 9. The number of nitrogens with zero attached hydrogens (tertiary/aromatic N) is 2. The molecule has 228 valence electrons. The first-order valence-corrected chi connectivity index (χ1v) is 15.5. The van der Waals surface area contributed by atoms with Crippen molar-refractivity contribution in [3.63, 3.8) is 0 Å². The molecule has 1 fully saturated rings. The van der Waals surface area contributed by atoms with Crippen LogP contribution in [0.3, 0.4) is 0 Å². The van der Waals surface area contributed by atoms with Crippen LogP contribution in [0.5, 0.6) is 0 Å². The van der Waals surface area contributed by atoms with Gasteiger partial charge in [-0.15, -0.1) is 16.8 Å². The van der Waals surface area contributed by atoms with Gasteiger partial charge < -0.3 is 15.0 Å². The lowest BCUT2D eigenvalue weighted by molar-refractivity contribution is -0.120. The number of amides is 1. The highest BCUT2D eigenvalue weighted by Crippen LogP contribution is 2.32. The smallest absolute Gasteiger partial charge is 0.237 e. The van der Waals surface area contributed by atoms with Gasteiger partial charge in [0.15, 0.2) is 0 Å². The average Bonchev–Trinajstić information content (AvgIpc) is 3.59. The number of halogens is 1. The summed E-state index contributed by atoms with van der Waals surface area (Å²) in [7, 11) is 1.00. The molecule has 0 spiro atoms. The number of benzene rings is 1. The van der Waals surface area contributed by atoms with Crippen LogP contribution in [-0.4, -0.2) is 45.5 Å². The van der Waals surface area contributed by atoms with E-state index in [9.17, 15) is 9.35 Å². The number of aliphatic hydroxyl groups is 1. The minimum absolute atomic E-state index is 0.0440. The molecule has 2 aliphatic heterocycles. The Labute approximate surface area is 264 Å². The summed E-state index contributed by atoms with van der Waals surface area (Å²) in [5, 5.41) is 11.2. The van der Waals surface area contributed by atoms with Crippen molar-refractivity contribution >= 4 is 47.5 Å². The number of terminal acetylenes is 1. The van der Waals surface area contributed by atoms with Gasteiger partial charge in [-0.25, -0.2) is 4.72 Å². The molecule has 2 atom stereocenters.